The van der Waals surface area contributed by atoms with Gasteiger partial charge in [-0.25, -0.2) is 0 Å². The normalized spacial score (nSPS) is 21.8. The van der Waals surface area contributed by atoms with Crippen LogP contribution in [-0.2, 0) is 18.6 Å². The smallest absolute Gasteiger partial charge is 0.136 e. The summed E-state index contributed by atoms with van der Waals surface area (Å²) in [5.41, 5.74) is 0.676. The zero-order valence-electron chi connectivity index (χ0n) is 12.3. The number of hydrogen-bond donors (Lipinski definition) is 1. The summed E-state index contributed by atoms with van der Waals surface area (Å²) in [6.07, 6.45) is 5.90. The van der Waals surface area contributed by atoms with Gasteiger partial charge in [0.2, 0.25) is 0 Å². The third-order valence-electron chi connectivity index (χ3n) is 4.08. The maximum Gasteiger partial charge on any atom is 0.136 e. The summed E-state index contributed by atoms with van der Waals surface area (Å²) < 4.78 is 8.25. The minimum Gasteiger partial charge on any atom is -0.469 e. The van der Waals surface area contributed by atoms with Crippen molar-refractivity contribution in [2.45, 2.75) is 31.4 Å². The number of fused-ring (bicyclic) bond motifs is 1. The SMILES string of the molecule is CN(C)CCn1ncc(Br)c1C1(O)CCCc2occc21. The fraction of sp³-hybridized carbons (Fsp3) is 0.533. The van der Waals surface area contributed by atoms with Gasteiger partial charge in [0.05, 0.1) is 29.2 Å². The second-order valence-corrected chi connectivity index (χ2v) is 6.69. The highest BCUT2D eigenvalue weighted by Crippen LogP contribution is 2.43. The Morgan fingerprint density at radius 2 is 2.33 bits per heavy atom. The van der Waals surface area contributed by atoms with Gasteiger partial charge in [0.15, 0.2) is 0 Å². The Labute approximate surface area is 132 Å². The summed E-state index contributed by atoms with van der Waals surface area (Å²) in [6, 6.07) is 1.88. The molecule has 0 spiro atoms. The quantitative estimate of drug-likeness (QED) is 0.916. The van der Waals surface area contributed by atoms with Crippen LogP contribution in [0.15, 0.2) is 27.4 Å². The molecule has 1 unspecified atom stereocenters. The summed E-state index contributed by atoms with van der Waals surface area (Å²) in [4.78, 5) is 2.10. The van der Waals surface area contributed by atoms with Crippen LogP contribution in [-0.4, -0.2) is 40.4 Å². The van der Waals surface area contributed by atoms with Gasteiger partial charge in [0.1, 0.15) is 11.4 Å². The topological polar surface area (TPSA) is 54.4 Å². The van der Waals surface area contributed by atoms with E-state index in [1.165, 1.54) is 0 Å². The van der Waals surface area contributed by atoms with Crippen molar-refractivity contribution in [1.29, 1.82) is 0 Å². The fourth-order valence-electron chi connectivity index (χ4n) is 3.03. The number of nitrogens with zero attached hydrogens (tertiary/aromatic N) is 3. The number of furan rings is 1. The van der Waals surface area contributed by atoms with Crippen molar-refractivity contribution < 1.29 is 9.52 Å². The summed E-state index contributed by atoms with van der Waals surface area (Å²) in [5, 5.41) is 15.8. The molecular weight excluding hydrogens is 334 g/mol. The van der Waals surface area contributed by atoms with Crippen molar-refractivity contribution in [3.8, 4) is 0 Å². The Morgan fingerprint density at radius 1 is 1.52 bits per heavy atom. The first-order valence-corrected chi connectivity index (χ1v) is 7.97. The predicted molar refractivity (Wildman–Crippen MR) is 83.1 cm³/mol. The highest BCUT2D eigenvalue weighted by molar-refractivity contribution is 9.10. The van der Waals surface area contributed by atoms with Crippen molar-refractivity contribution >= 4 is 15.9 Å². The number of aliphatic hydroxyl groups is 1. The molecule has 0 amide bonds. The molecule has 6 heteroatoms. The average molecular weight is 354 g/mol. The molecule has 1 aliphatic carbocycles. The van der Waals surface area contributed by atoms with Crippen LogP contribution in [0.4, 0.5) is 0 Å². The highest BCUT2D eigenvalue weighted by Gasteiger charge is 2.41. The number of hydrogen-bond acceptors (Lipinski definition) is 4. The molecule has 0 bridgehead atoms. The maximum atomic E-state index is 11.3. The molecule has 0 radical (unpaired) electrons. The van der Waals surface area contributed by atoms with E-state index >= 15 is 0 Å². The number of likely N-dealkylation sites (N-methyl/N-ethyl adjacent to an activating group) is 1. The molecule has 21 heavy (non-hydrogen) atoms. The first kappa shape index (κ1) is 14.8. The molecule has 1 N–H and O–H groups in total. The molecule has 1 atom stereocenters. The van der Waals surface area contributed by atoms with Crippen molar-refractivity contribution in [3.63, 3.8) is 0 Å². The van der Waals surface area contributed by atoms with Gasteiger partial charge in [0.25, 0.3) is 0 Å². The van der Waals surface area contributed by atoms with Crippen LogP contribution in [0.2, 0.25) is 0 Å². The standard InChI is InChI=1S/C15H20BrN3O2/c1-18(2)7-8-19-14(12(16)10-17-19)15(20)6-3-4-13-11(15)5-9-21-13/h5,9-10,20H,3-4,6-8H2,1-2H3. The van der Waals surface area contributed by atoms with E-state index in [-0.39, 0.29) is 0 Å². The summed E-state index contributed by atoms with van der Waals surface area (Å²) in [7, 11) is 4.06. The van der Waals surface area contributed by atoms with E-state index in [2.05, 4.69) is 25.9 Å². The van der Waals surface area contributed by atoms with Crippen LogP contribution in [0.3, 0.4) is 0 Å². The molecule has 0 aliphatic heterocycles. The molecule has 0 saturated heterocycles. The minimum absolute atomic E-state index is 0.686. The first-order valence-electron chi connectivity index (χ1n) is 7.18. The van der Waals surface area contributed by atoms with Crippen LogP contribution >= 0.6 is 15.9 Å². The molecule has 114 valence electrons. The van der Waals surface area contributed by atoms with Gasteiger partial charge in [-0.15, -0.1) is 0 Å². The van der Waals surface area contributed by atoms with Gasteiger partial charge in [-0.3, -0.25) is 4.68 Å². The second kappa shape index (κ2) is 5.59. The molecule has 0 fully saturated rings. The van der Waals surface area contributed by atoms with Gasteiger partial charge in [-0.05, 0) is 48.9 Å². The average Bonchev–Trinajstić information content (AvgIpc) is 3.04. The summed E-state index contributed by atoms with van der Waals surface area (Å²) >= 11 is 3.55. The third kappa shape index (κ3) is 2.56. The van der Waals surface area contributed by atoms with Crippen molar-refractivity contribution in [3.05, 3.63) is 40.0 Å². The van der Waals surface area contributed by atoms with Crippen LogP contribution in [0, 0.1) is 0 Å². The maximum absolute atomic E-state index is 11.3. The number of aromatic nitrogens is 2. The lowest BCUT2D eigenvalue weighted by Crippen LogP contribution is -2.35. The van der Waals surface area contributed by atoms with E-state index in [1.807, 2.05) is 24.8 Å². The van der Waals surface area contributed by atoms with Gasteiger partial charge >= 0.3 is 0 Å². The van der Waals surface area contributed by atoms with Gasteiger partial charge in [0, 0.05) is 18.5 Å². The van der Waals surface area contributed by atoms with E-state index in [0.717, 1.165) is 47.4 Å². The molecule has 5 nitrogen and oxygen atoms in total. The van der Waals surface area contributed by atoms with Crippen LogP contribution in [0.1, 0.15) is 29.9 Å². The molecule has 0 aromatic carbocycles. The van der Waals surface area contributed by atoms with Crippen molar-refractivity contribution in [2.75, 3.05) is 20.6 Å². The van der Waals surface area contributed by atoms with Crippen LogP contribution in [0.5, 0.6) is 0 Å². The third-order valence-corrected chi connectivity index (χ3v) is 4.66. The zero-order chi connectivity index (χ0) is 15.0. The molecule has 3 rings (SSSR count). The van der Waals surface area contributed by atoms with E-state index < -0.39 is 5.60 Å². The number of aryl methyl sites for hydroxylation is 1. The summed E-state index contributed by atoms with van der Waals surface area (Å²) in [5.74, 6) is 0.885. The van der Waals surface area contributed by atoms with E-state index in [1.54, 1.807) is 12.5 Å². The van der Waals surface area contributed by atoms with Crippen molar-refractivity contribution in [1.82, 2.24) is 14.7 Å². The number of halogens is 1. The second-order valence-electron chi connectivity index (χ2n) is 5.84. The van der Waals surface area contributed by atoms with E-state index in [4.69, 9.17) is 4.42 Å². The Bertz CT molecular complexity index is 635. The lowest BCUT2D eigenvalue weighted by molar-refractivity contribution is 0.0484. The molecule has 2 aromatic heterocycles. The van der Waals surface area contributed by atoms with Crippen molar-refractivity contribution in [2.24, 2.45) is 0 Å². The lowest BCUT2D eigenvalue weighted by atomic mass is 9.80. The Kier molecular flexibility index (Phi) is 3.94. The molecule has 2 aromatic rings. The lowest BCUT2D eigenvalue weighted by Gasteiger charge is -2.32. The molecule has 0 saturated carbocycles. The highest BCUT2D eigenvalue weighted by atomic mass is 79.9. The Morgan fingerprint density at radius 3 is 3.10 bits per heavy atom. The van der Waals surface area contributed by atoms with Gasteiger partial charge in [-0.2, -0.15) is 5.10 Å². The van der Waals surface area contributed by atoms with E-state index in [9.17, 15) is 5.11 Å². The Hall–Kier alpha value is -1.11. The summed E-state index contributed by atoms with van der Waals surface area (Å²) in [6.45, 7) is 1.61. The molecule has 1 aliphatic rings. The minimum atomic E-state index is -1.03. The first-order chi connectivity index (χ1) is 10.0. The molecule has 2 heterocycles. The van der Waals surface area contributed by atoms with E-state index in [0.29, 0.717) is 6.42 Å². The monoisotopic (exact) mass is 353 g/mol. The zero-order valence-corrected chi connectivity index (χ0v) is 13.9. The van der Waals surface area contributed by atoms with Gasteiger partial charge in [-0.1, -0.05) is 0 Å². The Balaban J connectivity index is 2.03. The van der Waals surface area contributed by atoms with Crippen LogP contribution in [0.25, 0.3) is 0 Å². The molecular formula is C15H20BrN3O2. The largest absolute Gasteiger partial charge is 0.469 e. The van der Waals surface area contributed by atoms with Crippen LogP contribution < -0.4 is 0 Å². The van der Waals surface area contributed by atoms with Gasteiger partial charge < -0.3 is 14.4 Å². The fourth-order valence-corrected chi connectivity index (χ4v) is 3.65. The predicted octanol–water partition coefficient (Wildman–Crippen LogP) is 2.37. The number of rotatable bonds is 4.